The topological polar surface area (TPSA) is 83.8 Å². The molecule has 0 aromatic carbocycles. The molecule has 0 bridgehead atoms. The summed E-state index contributed by atoms with van der Waals surface area (Å²) in [4.78, 5) is 23.4. The zero-order valence-corrected chi connectivity index (χ0v) is 20.8. The van der Waals surface area contributed by atoms with Gasteiger partial charge >= 0.3 is 11.9 Å². The van der Waals surface area contributed by atoms with Gasteiger partial charge in [-0.3, -0.25) is 9.59 Å². The molecular formula is C26H41ClO5. The molecule has 0 spiro atoms. The van der Waals surface area contributed by atoms with Gasteiger partial charge in [-0.2, -0.15) is 0 Å². The lowest BCUT2D eigenvalue weighted by Crippen LogP contribution is -2.59. The third kappa shape index (κ3) is 4.00. The van der Waals surface area contributed by atoms with Crippen molar-refractivity contribution in [2.45, 2.75) is 103 Å². The maximum Gasteiger partial charge on any atom is 0.321 e. The number of aliphatic carboxylic acids is 1. The molecule has 0 radical (unpaired) electrons. The number of hydrogen-bond donors (Lipinski definition) is 2. The Hall–Kier alpha value is -0.810. The lowest BCUT2D eigenvalue weighted by Gasteiger charge is -2.62. The molecule has 4 rings (SSSR count). The van der Waals surface area contributed by atoms with Gasteiger partial charge in [0.05, 0.1) is 6.10 Å². The van der Waals surface area contributed by atoms with Gasteiger partial charge in [0, 0.05) is 12.8 Å². The number of carbonyl (C=O) groups excluding carboxylic acids is 1. The molecule has 0 aromatic heterocycles. The van der Waals surface area contributed by atoms with Crippen LogP contribution in [0.5, 0.6) is 0 Å². The van der Waals surface area contributed by atoms with E-state index in [4.69, 9.17) is 16.3 Å². The summed E-state index contributed by atoms with van der Waals surface area (Å²) in [6.45, 7) is 8.55. The van der Waals surface area contributed by atoms with Crippen LogP contribution >= 0.6 is 11.6 Å². The molecule has 4 aliphatic carbocycles. The van der Waals surface area contributed by atoms with Crippen LogP contribution in [0.3, 0.4) is 0 Å². The van der Waals surface area contributed by atoms with Crippen molar-refractivity contribution in [2.24, 2.45) is 46.3 Å². The lowest BCUT2D eigenvalue weighted by atomic mass is 9.43. The second-order valence-corrected chi connectivity index (χ2v) is 12.6. The van der Waals surface area contributed by atoms with E-state index in [9.17, 15) is 19.8 Å². The maximum atomic E-state index is 12.1. The van der Waals surface area contributed by atoms with E-state index in [2.05, 4.69) is 20.8 Å². The Labute approximate surface area is 197 Å². The molecule has 5 nitrogen and oxygen atoms in total. The van der Waals surface area contributed by atoms with Crippen LogP contribution in [-0.4, -0.2) is 39.7 Å². The molecule has 11 atom stereocenters. The van der Waals surface area contributed by atoms with Gasteiger partial charge in [-0.1, -0.05) is 20.8 Å². The summed E-state index contributed by atoms with van der Waals surface area (Å²) in [5.74, 6) is 1.35. The number of aliphatic hydroxyl groups excluding tert-OH is 1. The second kappa shape index (κ2) is 8.76. The predicted molar refractivity (Wildman–Crippen MR) is 123 cm³/mol. The first-order valence-corrected chi connectivity index (χ1v) is 13.1. The molecule has 4 saturated carbocycles. The van der Waals surface area contributed by atoms with Crippen molar-refractivity contribution in [3.63, 3.8) is 0 Å². The molecule has 182 valence electrons. The molecule has 4 aliphatic rings. The average Bonchev–Trinajstić information content (AvgIpc) is 3.06. The number of carboxylic acids is 1. The normalized spacial score (nSPS) is 47.5. The smallest absolute Gasteiger partial charge is 0.321 e. The fraction of sp³-hybridized carbons (Fsp3) is 0.923. The van der Waals surface area contributed by atoms with E-state index in [0.717, 1.165) is 51.4 Å². The minimum atomic E-state index is -0.928. The highest BCUT2D eigenvalue weighted by atomic mass is 35.5. The molecule has 32 heavy (non-hydrogen) atoms. The van der Waals surface area contributed by atoms with Crippen LogP contribution in [0.25, 0.3) is 0 Å². The minimum Gasteiger partial charge on any atom is -0.480 e. The van der Waals surface area contributed by atoms with E-state index in [1.54, 1.807) is 0 Å². The summed E-state index contributed by atoms with van der Waals surface area (Å²) in [7, 11) is 0. The van der Waals surface area contributed by atoms with E-state index < -0.39 is 11.3 Å². The molecule has 2 N–H and O–H groups in total. The van der Waals surface area contributed by atoms with Gasteiger partial charge < -0.3 is 14.9 Å². The molecule has 4 fully saturated rings. The first kappa shape index (κ1) is 24.3. The number of carboxylic acid groups (broad SMARTS) is 1. The number of esters is 1. The number of rotatable bonds is 5. The van der Waals surface area contributed by atoms with Gasteiger partial charge in [0.1, 0.15) is 11.5 Å². The third-order valence-electron chi connectivity index (χ3n) is 10.6. The van der Waals surface area contributed by atoms with Crippen molar-refractivity contribution >= 4 is 23.5 Å². The zero-order chi connectivity index (χ0) is 23.4. The van der Waals surface area contributed by atoms with Crippen LogP contribution in [0.15, 0.2) is 0 Å². The second-order valence-electron chi connectivity index (χ2n) is 12.1. The largest absolute Gasteiger partial charge is 0.480 e. The van der Waals surface area contributed by atoms with Crippen molar-refractivity contribution in [3.8, 4) is 0 Å². The van der Waals surface area contributed by atoms with Crippen LogP contribution in [-0.2, 0) is 14.3 Å². The van der Waals surface area contributed by atoms with Crippen molar-refractivity contribution in [1.29, 1.82) is 0 Å². The molecule has 0 aliphatic heterocycles. The number of carbonyl (C=O) groups is 2. The highest BCUT2D eigenvalue weighted by Crippen LogP contribution is 2.68. The quantitative estimate of drug-likeness (QED) is 0.424. The number of halogens is 1. The predicted octanol–water partition coefficient (Wildman–Crippen LogP) is 5.27. The first-order chi connectivity index (χ1) is 15.0. The number of aliphatic hydroxyl groups is 1. The summed E-state index contributed by atoms with van der Waals surface area (Å²) >= 11 is 6.13. The fourth-order valence-corrected chi connectivity index (χ4v) is 9.36. The van der Waals surface area contributed by atoms with Crippen molar-refractivity contribution in [2.75, 3.05) is 0 Å². The highest BCUT2D eigenvalue weighted by Gasteiger charge is 2.63. The minimum absolute atomic E-state index is 0.0700. The Kier molecular flexibility index (Phi) is 6.66. The first-order valence-electron chi connectivity index (χ1n) is 12.7. The summed E-state index contributed by atoms with van der Waals surface area (Å²) in [6.07, 6.45) is 8.32. The van der Waals surface area contributed by atoms with Crippen LogP contribution < -0.4 is 0 Å². The maximum absolute atomic E-state index is 12.1. The third-order valence-corrected chi connectivity index (χ3v) is 10.9. The summed E-state index contributed by atoms with van der Waals surface area (Å²) in [5.41, 5.74) is 0.335. The van der Waals surface area contributed by atoms with E-state index in [0.29, 0.717) is 36.0 Å². The van der Waals surface area contributed by atoms with E-state index in [1.807, 2.05) is 0 Å². The zero-order valence-electron chi connectivity index (χ0n) is 20.1. The standard InChI is InChI=1S/C26H41ClO5/c1-14(11-21(27)24(30)31)18-5-6-19-23-20(8-10-26(18,19)4)25(3)9-7-17(29)12-16(25)13-22(23)32-15(2)28/h14,16-23,29H,5-13H2,1-4H3,(H,30,31)/t14?,16?,17-,18?,19?,20?,21?,22+,23?,25+,26-/m1/s1. The van der Waals surface area contributed by atoms with Gasteiger partial charge in [0.2, 0.25) is 0 Å². The van der Waals surface area contributed by atoms with Gasteiger partial charge in [-0.15, -0.1) is 11.6 Å². The molecule has 0 aromatic rings. The molecule has 0 saturated heterocycles. The van der Waals surface area contributed by atoms with E-state index in [-0.39, 0.29) is 34.9 Å². The number of hydrogen-bond acceptors (Lipinski definition) is 4. The molecule has 6 heteroatoms. The van der Waals surface area contributed by atoms with Crippen LogP contribution in [0.4, 0.5) is 0 Å². The van der Waals surface area contributed by atoms with Crippen LogP contribution in [0, 0.1) is 46.3 Å². The van der Waals surface area contributed by atoms with Crippen molar-refractivity contribution < 1.29 is 24.5 Å². The molecule has 7 unspecified atom stereocenters. The summed E-state index contributed by atoms with van der Waals surface area (Å²) in [6, 6.07) is 0. The average molecular weight is 469 g/mol. The van der Waals surface area contributed by atoms with Gasteiger partial charge in [0.25, 0.3) is 0 Å². The van der Waals surface area contributed by atoms with Crippen LogP contribution in [0.2, 0.25) is 0 Å². The van der Waals surface area contributed by atoms with Crippen LogP contribution in [0.1, 0.15) is 85.5 Å². The Morgan fingerprint density at radius 1 is 1.06 bits per heavy atom. The SMILES string of the molecule is CC(=O)O[C@H]1CC2C[C@H](O)CC[C@]2(C)C2CC[C@]3(C)C(C(C)CC(Cl)C(=O)O)CCC3C21. The van der Waals surface area contributed by atoms with Crippen molar-refractivity contribution in [1.82, 2.24) is 0 Å². The summed E-state index contributed by atoms with van der Waals surface area (Å²) < 4.78 is 6.02. The van der Waals surface area contributed by atoms with E-state index >= 15 is 0 Å². The molecule has 0 amide bonds. The molecular weight excluding hydrogens is 428 g/mol. The Bertz CT molecular complexity index is 742. The van der Waals surface area contributed by atoms with E-state index in [1.165, 1.54) is 6.92 Å². The number of ether oxygens (including phenoxy) is 1. The summed E-state index contributed by atoms with van der Waals surface area (Å²) in [5, 5.41) is 18.8. The Morgan fingerprint density at radius 2 is 1.72 bits per heavy atom. The van der Waals surface area contributed by atoms with Gasteiger partial charge in [0.15, 0.2) is 0 Å². The fourth-order valence-electron chi connectivity index (χ4n) is 9.08. The number of fused-ring (bicyclic) bond motifs is 5. The van der Waals surface area contributed by atoms with Crippen molar-refractivity contribution in [3.05, 3.63) is 0 Å². The van der Waals surface area contributed by atoms with Gasteiger partial charge in [-0.25, -0.2) is 0 Å². The lowest BCUT2D eigenvalue weighted by molar-refractivity contribution is -0.194. The Morgan fingerprint density at radius 3 is 2.38 bits per heavy atom. The van der Waals surface area contributed by atoms with Gasteiger partial charge in [-0.05, 0) is 98.2 Å². The monoisotopic (exact) mass is 468 g/mol. The molecule has 0 heterocycles. The highest BCUT2D eigenvalue weighted by molar-refractivity contribution is 6.29. The number of alkyl halides is 1. The Balaban J connectivity index is 1.62.